The number of rotatable bonds is 1. The summed E-state index contributed by atoms with van der Waals surface area (Å²) in [5.74, 6) is -0.606. The molecule has 0 aromatic heterocycles. The van der Waals surface area contributed by atoms with Gasteiger partial charge in [-0.3, -0.25) is 4.79 Å². The summed E-state index contributed by atoms with van der Waals surface area (Å²) in [7, 11) is 1.25. The average Bonchev–Trinajstić information content (AvgIpc) is 2.28. The van der Waals surface area contributed by atoms with Crippen LogP contribution in [0.5, 0.6) is 5.75 Å². The first-order valence-electron chi connectivity index (χ1n) is 4.57. The van der Waals surface area contributed by atoms with Gasteiger partial charge in [0.25, 0.3) is 5.91 Å². The Morgan fingerprint density at radius 1 is 1.56 bits per heavy atom. The van der Waals surface area contributed by atoms with Gasteiger partial charge in [0.1, 0.15) is 5.56 Å². The van der Waals surface area contributed by atoms with E-state index in [1.165, 1.54) is 13.2 Å². The van der Waals surface area contributed by atoms with Gasteiger partial charge in [-0.2, -0.15) is 0 Å². The third-order valence-electron chi connectivity index (χ3n) is 2.20. The fourth-order valence-corrected chi connectivity index (χ4v) is 1.48. The molecule has 3 N–H and O–H groups in total. The molecule has 0 fully saturated rings. The van der Waals surface area contributed by atoms with Crippen LogP contribution in [0.3, 0.4) is 0 Å². The summed E-state index contributed by atoms with van der Waals surface area (Å²) in [5, 5.41) is 2.58. The highest BCUT2D eigenvalue weighted by atomic mass is 16.5. The summed E-state index contributed by atoms with van der Waals surface area (Å²) in [6.07, 6.45) is 0. The standard InChI is InChI=1S/C10H10N2O4/c1-15-10(14)8-5(11)2-3-6-9(8)16-4-7(13)12-6/h2-3H,4,11H2,1H3,(H,12,13). The van der Waals surface area contributed by atoms with Crippen LogP contribution < -0.4 is 15.8 Å². The molecule has 2 rings (SSSR count). The fraction of sp³-hybridized carbons (Fsp3) is 0.200. The van der Waals surface area contributed by atoms with E-state index in [4.69, 9.17) is 10.5 Å². The first-order valence-corrected chi connectivity index (χ1v) is 4.57. The van der Waals surface area contributed by atoms with Crippen molar-refractivity contribution in [2.75, 3.05) is 24.8 Å². The molecule has 16 heavy (non-hydrogen) atoms. The number of anilines is 2. The highest BCUT2D eigenvalue weighted by molar-refractivity contribution is 6.04. The zero-order chi connectivity index (χ0) is 11.7. The quantitative estimate of drug-likeness (QED) is 0.529. The van der Waals surface area contributed by atoms with Crippen LogP contribution in [0.15, 0.2) is 12.1 Å². The topological polar surface area (TPSA) is 90.7 Å². The Morgan fingerprint density at radius 3 is 3.00 bits per heavy atom. The molecule has 0 bridgehead atoms. The van der Waals surface area contributed by atoms with Crippen molar-refractivity contribution in [3.63, 3.8) is 0 Å². The average molecular weight is 222 g/mol. The Morgan fingerprint density at radius 2 is 2.31 bits per heavy atom. The van der Waals surface area contributed by atoms with E-state index in [0.717, 1.165) is 0 Å². The Kier molecular flexibility index (Phi) is 2.40. The number of benzene rings is 1. The first-order chi connectivity index (χ1) is 7.63. The molecule has 1 aliphatic heterocycles. The summed E-state index contributed by atoms with van der Waals surface area (Å²) in [6.45, 7) is -0.138. The zero-order valence-electron chi connectivity index (χ0n) is 8.57. The van der Waals surface area contributed by atoms with E-state index in [2.05, 4.69) is 10.1 Å². The predicted molar refractivity (Wildman–Crippen MR) is 56.3 cm³/mol. The van der Waals surface area contributed by atoms with Crippen LogP contribution in [-0.4, -0.2) is 25.6 Å². The number of hydrogen-bond acceptors (Lipinski definition) is 5. The molecular formula is C10H10N2O4. The number of ether oxygens (including phenoxy) is 2. The number of nitrogens with one attached hydrogen (secondary N) is 1. The third kappa shape index (κ3) is 1.54. The van der Waals surface area contributed by atoms with Crippen LogP contribution in [0.4, 0.5) is 11.4 Å². The highest BCUT2D eigenvalue weighted by Gasteiger charge is 2.25. The summed E-state index contributed by atoms with van der Waals surface area (Å²) in [4.78, 5) is 22.6. The predicted octanol–water partition coefficient (Wildman–Crippen LogP) is 0.386. The molecule has 0 saturated carbocycles. The summed E-state index contributed by atoms with van der Waals surface area (Å²) in [5.41, 5.74) is 6.47. The number of methoxy groups -OCH3 is 1. The molecule has 1 amide bonds. The van der Waals surface area contributed by atoms with Crippen LogP contribution in [-0.2, 0) is 9.53 Å². The molecule has 1 aromatic rings. The van der Waals surface area contributed by atoms with E-state index in [9.17, 15) is 9.59 Å². The fourth-order valence-electron chi connectivity index (χ4n) is 1.48. The van der Waals surface area contributed by atoms with Crippen LogP contribution in [0, 0.1) is 0 Å². The highest BCUT2D eigenvalue weighted by Crippen LogP contribution is 2.35. The smallest absolute Gasteiger partial charge is 0.343 e. The van der Waals surface area contributed by atoms with Gasteiger partial charge >= 0.3 is 5.97 Å². The van der Waals surface area contributed by atoms with Crippen LogP contribution in [0.2, 0.25) is 0 Å². The van der Waals surface area contributed by atoms with Gasteiger partial charge in [0, 0.05) is 0 Å². The second-order valence-electron chi connectivity index (χ2n) is 3.23. The van der Waals surface area contributed by atoms with Crippen molar-refractivity contribution >= 4 is 23.3 Å². The van der Waals surface area contributed by atoms with E-state index in [1.807, 2.05) is 0 Å². The number of amides is 1. The van der Waals surface area contributed by atoms with Crippen LogP contribution in [0.1, 0.15) is 10.4 Å². The molecule has 1 aromatic carbocycles. The Balaban J connectivity index is 2.55. The molecule has 0 atom stereocenters. The minimum absolute atomic E-state index is 0.138. The van der Waals surface area contributed by atoms with Crippen molar-refractivity contribution < 1.29 is 19.1 Å². The maximum absolute atomic E-state index is 11.5. The minimum atomic E-state index is -0.592. The summed E-state index contributed by atoms with van der Waals surface area (Å²) >= 11 is 0. The van der Waals surface area contributed by atoms with Crippen molar-refractivity contribution in [1.29, 1.82) is 0 Å². The lowest BCUT2D eigenvalue weighted by molar-refractivity contribution is -0.118. The molecule has 0 saturated heterocycles. The lowest BCUT2D eigenvalue weighted by Crippen LogP contribution is -2.27. The minimum Gasteiger partial charge on any atom is -0.481 e. The van der Waals surface area contributed by atoms with Gasteiger partial charge in [0.05, 0.1) is 18.5 Å². The summed E-state index contributed by atoms with van der Waals surface area (Å²) < 4.78 is 9.78. The monoisotopic (exact) mass is 222 g/mol. The van der Waals surface area contributed by atoms with Crippen molar-refractivity contribution in [1.82, 2.24) is 0 Å². The lowest BCUT2D eigenvalue weighted by Gasteiger charge is -2.20. The SMILES string of the molecule is COC(=O)c1c(N)ccc2c1OCC(=O)N2. The van der Waals surface area contributed by atoms with E-state index < -0.39 is 5.97 Å². The molecule has 0 radical (unpaired) electrons. The molecule has 1 aliphatic rings. The second kappa shape index (κ2) is 3.73. The first kappa shape index (κ1) is 10.3. The van der Waals surface area contributed by atoms with E-state index in [1.54, 1.807) is 6.07 Å². The van der Waals surface area contributed by atoms with Gasteiger partial charge < -0.3 is 20.5 Å². The van der Waals surface area contributed by atoms with Gasteiger partial charge in [-0.25, -0.2) is 4.79 Å². The van der Waals surface area contributed by atoms with Gasteiger partial charge in [-0.05, 0) is 12.1 Å². The van der Waals surface area contributed by atoms with Crippen molar-refractivity contribution in [2.24, 2.45) is 0 Å². The lowest BCUT2D eigenvalue weighted by atomic mass is 10.1. The van der Waals surface area contributed by atoms with E-state index >= 15 is 0 Å². The third-order valence-corrected chi connectivity index (χ3v) is 2.20. The number of carbonyl (C=O) groups is 2. The Bertz CT molecular complexity index is 470. The molecule has 1 heterocycles. The molecular weight excluding hydrogens is 212 g/mol. The van der Waals surface area contributed by atoms with Crippen molar-refractivity contribution in [3.8, 4) is 5.75 Å². The van der Waals surface area contributed by atoms with Gasteiger partial charge in [0.2, 0.25) is 0 Å². The Hall–Kier alpha value is -2.24. The maximum atomic E-state index is 11.5. The van der Waals surface area contributed by atoms with Crippen molar-refractivity contribution in [2.45, 2.75) is 0 Å². The number of hydrogen-bond donors (Lipinski definition) is 2. The molecule has 84 valence electrons. The zero-order valence-corrected chi connectivity index (χ0v) is 8.57. The molecule has 6 nitrogen and oxygen atoms in total. The van der Waals surface area contributed by atoms with E-state index in [0.29, 0.717) is 5.69 Å². The van der Waals surface area contributed by atoms with Crippen LogP contribution >= 0.6 is 0 Å². The van der Waals surface area contributed by atoms with Gasteiger partial charge in [0.15, 0.2) is 12.4 Å². The Labute approximate surface area is 91.3 Å². The van der Waals surface area contributed by atoms with Crippen LogP contribution in [0.25, 0.3) is 0 Å². The molecule has 0 unspecified atom stereocenters. The number of nitrogen functional groups attached to an aromatic ring is 1. The normalized spacial score (nSPS) is 13.4. The summed E-state index contributed by atoms with van der Waals surface area (Å²) in [6, 6.07) is 3.09. The molecule has 0 aliphatic carbocycles. The number of fused-ring (bicyclic) bond motifs is 1. The molecule has 0 spiro atoms. The van der Waals surface area contributed by atoms with Crippen molar-refractivity contribution in [3.05, 3.63) is 17.7 Å². The van der Waals surface area contributed by atoms with E-state index in [-0.39, 0.29) is 29.5 Å². The number of carbonyl (C=O) groups excluding carboxylic acids is 2. The molecule has 6 heteroatoms. The number of esters is 1. The number of nitrogens with two attached hydrogens (primary N) is 1. The van der Waals surface area contributed by atoms with Gasteiger partial charge in [-0.1, -0.05) is 0 Å². The second-order valence-corrected chi connectivity index (χ2v) is 3.23. The largest absolute Gasteiger partial charge is 0.481 e. The maximum Gasteiger partial charge on any atom is 0.343 e. The van der Waals surface area contributed by atoms with Gasteiger partial charge in [-0.15, -0.1) is 0 Å².